The van der Waals surface area contributed by atoms with Gasteiger partial charge in [0, 0.05) is 17.2 Å². The van der Waals surface area contributed by atoms with Gasteiger partial charge in [0.25, 0.3) is 0 Å². The van der Waals surface area contributed by atoms with Gasteiger partial charge in [-0.25, -0.2) is 22.9 Å². The third kappa shape index (κ3) is 6.64. The lowest BCUT2D eigenvalue weighted by atomic mass is 9.89. The monoisotopic (exact) mass is 658 g/mol. The van der Waals surface area contributed by atoms with Crippen LogP contribution in [0.2, 0.25) is 0 Å². The molecule has 1 unspecified atom stereocenters. The van der Waals surface area contributed by atoms with Gasteiger partial charge in [0.15, 0.2) is 22.0 Å². The van der Waals surface area contributed by atoms with Crippen LogP contribution in [0.3, 0.4) is 0 Å². The molecule has 0 aliphatic carbocycles. The summed E-state index contributed by atoms with van der Waals surface area (Å²) in [5.41, 5.74) is 3.50. The number of nitrogens with one attached hydrogen (secondary N) is 3. The smallest absolute Gasteiger partial charge is 0.324 e. The highest BCUT2D eigenvalue weighted by atomic mass is 32.2. The highest BCUT2D eigenvalue weighted by Gasteiger charge is 2.39. The van der Waals surface area contributed by atoms with E-state index in [1.165, 1.54) is 6.39 Å². The number of hydrogen-bond donors (Lipinski definition) is 3. The zero-order valence-electron chi connectivity index (χ0n) is 26.3. The average molecular weight is 659 g/mol. The lowest BCUT2D eigenvalue weighted by Crippen LogP contribution is -2.34. The summed E-state index contributed by atoms with van der Waals surface area (Å²) in [5.74, 6) is 0.873. The van der Waals surface area contributed by atoms with Gasteiger partial charge in [-0.15, -0.1) is 11.3 Å². The molecule has 5 aromatic rings. The Balaban J connectivity index is 1.33. The van der Waals surface area contributed by atoms with E-state index in [9.17, 15) is 13.2 Å². The summed E-state index contributed by atoms with van der Waals surface area (Å²) >= 11 is 1.16. The van der Waals surface area contributed by atoms with E-state index in [1.807, 2.05) is 43.3 Å². The number of anilines is 2. The Morgan fingerprint density at radius 3 is 2.48 bits per heavy atom. The summed E-state index contributed by atoms with van der Waals surface area (Å²) in [4.78, 5) is 18.3. The molecule has 1 aliphatic heterocycles. The lowest BCUT2D eigenvalue weighted by molar-refractivity contribution is 0.262. The molecular formula is C34H38N6O4S2. The van der Waals surface area contributed by atoms with Crippen LogP contribution in [-0.2, 0) is 15.3 Å². The second-order valence-corrected chi connectivity index (χ2v) is 16.0. The van der Waals surface area contributed by atoms with Crippen molar-refractivity contribution in [1.82, 2.24) is 20.1 Å². The molecule has 1 atom stereocenters. The molecule has 12 heteroatoms. The number of oxazole rings is 1. The predicted octanol–water partition coefficient (Wildman–Crippen LogP) is 7.35. The standard InChI is InChI=1S/C34H38N6O4S2/c1-22-9-11-24(12-10-22)40-30(19-29(39-40)34(2,3)4)38-33(41)37-26-8-6-5-7-25(26)32(23-15-17-35-18-16-23)46(42,43)31-14-13-28(45-31)27-20-36-21-44-27/h5-14,19-21,23,32,35H,15-18H2,1-4H3,(H2,37,38,41). The summed E-state index contributed by atoms with van der Waals surface area (Å²) in [7, 11) is -3.86. The zero-order valence-corrected chi connectivity index (χ0v) is 27.9. The molecule has 3 N–H and O–H groups in total. The van der Waals surface area contributed by atoms with Gasteiger partial charge in [-0.2, -0.15) is 5.10 Å². The van der Waals surface area contributed by atoms with Gasteiger partial charge in [-0.1, -0.05) is 56.7 Å². The summed E-state index contributed by atoms with van der Waals surface area (Å²) in [5, 5.41) is 13.2. The van der Waals surface area contributed by atoms with Crippen molar-refractivity contribution in [3.8, 4) is 16.3 Å². The molecule has 0 bridgehead atoms. The van der Waals surface area contributed by atoms with Crippen molar-refractivity contribution >= 4 is 38.7 Å². The quantitative estimate of drug-likeness (QED) is 0.159. The number of nitrogens with zero attached hydrogens (tertiary/aromatic N) is 3. The molecule has 2 aromatic carbocycles. The lowest BCUT2D eigenvalue weighted by Gasteiger charge is -2.31. The minimum Gasteiger partial charge on any atom is -0.443 e. The Morgan fingerprint density at radius 2 is 1.78 bits per heavy atom. The van der Waals surface area contributed by atoms with Crippen LogP contribution in [-0.4, -0.2) is 42.3 Å². The largest absolute Gasteiger partial charge is 0.443 e. The minimum absolute atomic E-state index is 0.148. The average Bonchev–Trinajstić information content (AvgIpc) is 3.80. The summed E-state index contributed by atoms with van der Waals surface area (Å²) in [6, 6.07) is 19.8. The predicted molar refractivity (Wildman–Crippen MR) is 181 cm³/mol. The van der Waals surface area contributed by atoms with Crippen molar-refractivity contribution in [3.63, 3.8) is 0 Å². The molecule has 1 aliphatic rings. The Morgan fingerprint density at radius 1 is 1.04 bits per heavy atom. The number of aryl methyl sites for hydroxylation is 1. The number of amides is 2. The maximum atomic E-state index is 14.5. The highest BCUT2D eigenvalue weighted by molar-refractivity contribution is 7.93. The van der Waals surface area contributed by atoms with Gasteiger partial charge < -0.3 is 15.1 Å². The number of aromatic nitrogens is 3. The number of thiophene rings is 1. The van der Waals surface area contributed by atoms with Gasteiger partial charge in [0.05, 0.1) is 27.7 Å². The van der Waals surface area contributed by atoms with E-state index >= 15 is 0 Å². The van der Waals surface area contributed by atoms with Crippen LogP contribution in [0.15, 0.2) is 87.9 Å². The van der Waals surface area contributed by atoms with Gasteiger partial charge in [-0.05, 0) is 74.7 Å². The number of benzene rings is 2. The molecular weight excluding hydrogens is 621 g/mol. The fourth-order valence-corrected chi connectivity index (χ4v) is 9.30. The number of piperidine rings is 1. The normalized spacial score (nSPS) is 15.0. The number of carbonyl (C=O) groups is 1. The number of carbonyl (C=O) groups excluding carboxylic acids is 1. The molecule has 6 rings (SSSR count). The molecule has 2 amide bonds. The topological polar surface area (TPSA) is 131 Å². The van der Waals surface area contributed by atoms with Crippen LogP contribution in [0.1, 0.15) is 55.7 Å². The molecule has 1 saturated heterocycles. The minimum atomic E-state index is -3.86. The van der Waals surface area contributed by atoms with Gasteiger partial charge >= 0.3 is 6.03 Å². The number of urea groups is 1. The molecule has 3 aromatic heterocycles. The van der Waals surface area contributed by atoms with E-state index in [1.54, 1.807) is 41.2 Å². The molecule has 4 heterocycles. The molecule has 46 heavy (non-hydrogen) atoms. The maximum absolute atomic E-state index is 14.5. The van der Waals surface area contributed by atoms with E-state index in [0.29, 0.717) is 40.5 Å². The summed E-state index contributed by atoms with van der Waals surface area (Å²) in [6.45, 7) is 9.66. The number of hydrogen-bond acceptors (Lipinski definition) is 8. The fraction of sp³-hybridized carbons (Fsp3) is 0.324. The second kappa shape index (κ2) is 12.9. The van der Waals surface area contributed by atoms with Crippen LogP contribution in [0, 0.1) is 12.8 Å². The van der Waals surface area contributed by atoms with Crippen LogP contribution in [0.5, 0.6) is 0 Å². The van der Waals surface area contributed by atoms with Crippen molar-refractivity contribution in [1.29, 1.82) is 0 Å². The molecule has 1 fully saturated rings. The Labute approximate surface area is 273 Å². The van der Waals surface area contributed by atoms with E-state index in [4.69, 9.17) is 9.52 Å². The van der Waals surface area contributed by atoms with Crippen LogP contribution in [0.25, 0.3) is 16.3 Å². The van der Waals surface area contributed by atoms with Crippen LogP contribution in [0.4, 0.5) is 16.3 Å². The third-order valence-corrected chi connectivity index (χ3v) is 12.0. The van der Waals surface area contributed by atoms with Gasteiger partial charge in [0.2, 0.25) is 0 Å². The molecule has 0 radical (unpaired) electrons. The summed E-state index contributed by atoms with van der Waals surface area (Å²) in [6.07, 6.45) is 4.28. The highest BCUT2D eigenvalue weighted by Crippen LogP contribution is 2.44. The van der Waals surface area contributed by atoms with Crippen LogP contribution >= 0.6 is 11.3 Å². The Hall–Kier alpha value is -4.26. The first-order valence-electron chi connectivity index (χ1n) is 15.3. The van der Waals surface area contributed by atoms with Gasteiger partial charge in [-0.3, -0.25) is 5.32 Å². The zero-order chi connectivity index (χ0) is 32.5. The van der Waals surface area contributed by atoms with Crippen LogP contribution < -0.4 is 16.0 Å². The molecule has 10 nitrogen and oxygen atoms in total. The Bertz CT molecular complexity index is 1920. The van der Waals surface area contributed by atoms with Crippen molar-refractivity contribution in [3.05, 3.63) is 96.1 Å². The second-order valence-electron chi connectivity index (χ2n) is 12.6. The van der Waals surface area contributed by atoms with E-state index in [0.717, 1.165) is 41.4 Å². The first-order valence-corrected chi connectivity index (χ1v) is 17.6. The van der Waals surface area contributed by atoms with E-state index < -0.39 is 21.1 Å². The molecule has 0 spiro atoms. The summed E-state index contributed by atoms with van der Waals surface area (Å²) < 4.78 is 36.3. The number of sulfone groups is 1. The SMILES string of the molecule is Cc1ccc(-n2nc(C(C)(C)C)cc2NC(=O)Nc2ccccc2C(C2CCNCC2)S(=O)(=O)c2ccc(-c3cnco3)s2)cc1. The van der Waals surface area contributed by atoms with E-state index in [2.05, 4.69) is 41.7 Å². The van der Waals surface area contributed by atoms with Gasteiger partial charge in [0.1, 0.15) is 10.0 Å². The Kier molecular flexibility index (Phi) is 8.86. The number of para-hydroxylation sites is 1. The first kappa shape index (κ1) is 31.7. The molecule has 240 valence electrons. The van der Waals surface area contributed by atoms with Crippen molar-refractivity contribution < 1.29 is 17.6 Å². The van der Waals surface area contributed by atoms with Crippen molar-refractivity contribution in [2.45, 2.75) is 55.4 Å². The van der Waals surface area contributed by atoms with Crippen molar-refractivity contribution in [2.75, 3.05) is 23.7 Å². The fourth-order valence-electron chi connectivity index (χ4n) is 5.74. The molecule has 0 saturated carbocycles. The maximum Gasteiger partial charge on any atom is 0.324 e. The number of rotatable bonds is 8. The van der Waals surface area contributed by atoms with Crippen molar-refractivity contribution in [2.24, 2.45) is 5.92 Å². The third-order valence-electron chi connectivity index (χ3n) is 8.20. The first-order chi connectivity index (χ1) is 22.0. The van der Waals surface area contributed by atoms with E-state index in [-0.39, 0.29) is 15.5 Å².